The molecule has 3 rings (SSSR count). The predicted octanol–water partition coefficient (Wildman–Crippen LogP) is 8.47. The van der Waals surface area contributed by atoms with Gasteiger partial charge in [0.2, 0.25) is 0 Å². The third-order valence-corrected chi connectivity index (χ3v) is 8.96. The number of carbonyl (C=O) groups is 1. The molecule has 2 heteroatoms. The molecule has 2 nitrogen and oxygen atoms in total. The Labute approximate surface area is 187 Å². The maximum absolute atomic E-state index is 11.9. The summed E-state index contributed by atoms with van der Waals surface area (Å²) >= 11 is 0. The molecule has 0 aromatic carbocycles. The first-order valence-corrected chi connectivity index (χ1v) is 13.9. The molecule has 0 aliphatic heterocycles. The Bertz CT molecular complexity index is 463. The first-order chi connectivity index (χ1) is 14.7. The van der Waals surface area contributed by atoms with Gasteiger partial charge in [-0.25, -0.2) is 0 Å². The van der Waals surface area contributed by atoms with E-state index in [1.54, 1.807) is 0 Å². The minimum Gasteiger partial charge on any atom is -0.462 e. The highest BCUT2D eigenvalue weighted by atomic mass is 16.5. The molecule has 30 heavy (non-hydrogen) atoms. The first-order valence-electron chi connectivity index (χ1n) is 13.9. The van der Waals surface area contributed by atoms with Crippen molar-refractivity contribution in [2.45, 2.75) is 142 Å². The van der Waals surface area contributed by atoms with Gasteiger partial charge in [0.15, 0.2) is 0 Å². The minimum absolute atomic E-state index is 0.0414. The molecule has 0 heterocycles. The standard InChI is InChI=1S/C28H50O2/c1-3-5-7-28(29)30-27-20-18-26(19-21-27)25-16-14-24(15-17-25)13-12-23-10-8-22(6-4-2)9-11-23/h22-27H,3-21H2,1-2H3. The lowest BCUT2D eigenvalue weighted by molar-refractivity contribution is -0.151. The van der Waals surface area contributed by atoms with E-state index in [2.05, 4.69) is 13.8 Å². The van der Waals surface area contributed by atoms with Gasteiger partial charge in [-0.2, -0.15) is 0 Å². The van der Waals surface area contributed by atoms with Crippen LogP contribution in [-0.2, 0) is 9.53 Å². The molecular formula is C28H50O2. The second kappa shape index (κ2) is 13.1. The summed E-state index contributed by atoms with van der Waals surface area (Å²) in [5, 5.41) is 0. The van der Waals surface area contributed by atoms with Gasteiger partial charge in [-0.3, -0.25) is 4.79 Å². The molecule has 0 unspecified atom stereocenters. The van der Waals surface area contributed by atoms with Crippen molar-refractivity contribution in [2.75, 3.05) is 0 Å². The molecule has 174 valence electrons. The fourth-order valence-corrected chi connectivity index (χ4v) is 6.88. The van der Waals surface area contributed by atoms with E-state index in [0.717, 1.165) is 55.3 Å². The van der Waals surface area contributed by atoms with Crippen LogP contribution in [0.1, 0.15) is 136 Å². The van der Waals surface area contributed by atoms with Crippen molar-refractivity contribution in [3.05, 3.63) is 0 Å². The second-order valence-electron chi connectivity index (χ2n) is 11.2. The van der Waals surface area contributed by atoms with Gasteiger partial charge in [0, 0.05) is 6.42 Å². The number of carbonyl (C=O) groups excluding carboxylic acids is 1. The molecule has 0 aromatic heterocycles. The van der Waals surface area contributed by atoms with E-state index in [9.17, 15) is 4.79 Å². The van der Waals surface area contributed by atoms with Crippen molar-refractivity contribution < 1.29 is 9.53 Å². The molecule has 3 saturated carbocycles. The van der Waals surface area contributed by atoms with Crippen molar-refractivity contribution in [2.24, 2.45) is 29.6 Å². The highest BCUT2D eigenvalue weighted by Crippen LogP contribution is 2.42. The van der Waals surface area contributed by atoms with Crippen molar-refractivity contribution in [1.82, 2.24) is 0 Å². The number of esters is 1. The Morgan fingerprint density at radius 2 is 1.10 bits per heavy atom. The zero-order valence-corrected chi connectivity index (χ0v) is 20.2. The monoisotopic (exact) mass is 418 g/mol. The van der Waals surface area contributed by atoms with Crippen LogP contribution in [0.3, 0.4) is 0 Å². The molecule has 0 radical (unpaired) electrons. The lowest BCUT2D eigenvalue weighted by Gasteiger charge is -2.38. The Morgan fingerprint density at radius 3 is 1.60 bits per heavy atom. The Balaban J connectivity index is 1.26. The Kier molecular flexibility index (Phi) is 10.5. The van der Waals surface area contributed by atoms with E-state index in [1.165, 1.54) is 89.9 Å². The van der Waals surface area contributed by atoms with Gasteiger partial charge < -0.3 is 4.74 Å². The molecule has 0 bridgehead atoms. The number of unbranched alkanes of at least 4 members (excludes halogenated alkanes) is 1. The molecule has 3 aliphatic rings. The second-order valence-corrected chi connectivity index (χ2v) is 11.2. The lowest BCUT2D eigenvalue weighted by atomic mass is 9.69. The van der Waals surface area contributed by atoms with E-state index in [1.807, 2.05) is 0 Å². The smallest absolute Gasteiger partial charge is 0.306 e. The third kappa shape index (κ3) is 7.86. The SMILES string of the molecule is CCCCC(=O)OC1CCC(C2CCC(CCC3CCC(CCC)CC3)CC2)CC1. The van der Waals surface area contributed by atoms with E-state index in [4.69, 9.17) is 4.74 Å². The molecule has 0 spiro atoms. The fraction of sp³-hybridized carbons (Fsp3) is 0.964. The zero-order valence-electron chi connectivity index (χ0n) is 20.2. The van der Waals surface area contributed by atoms with Gasteiger partial charge in [-0.15, -0.1) is 0 Å². The van der Waals surface area contributed by atoms with Gasteiger partial charge in [0.05, 0.1) is 0 Å². The maximum atomic E-state index is 11.9. The van der Waals surface area contributed by atoms with Gasteiger partial charge in [0.1, 0.15) is 6.10 Å². The fourth-order valence-electron chi connectivity index (χ4n) is 6.88. The number of hydrogen-bond donors (Lipinski definition) is 0. The van der Waals surface area contributed by atoms with Crippen LogP contribution >= 0.6 is 0 Å². The summed E-state index contributed by atoms with van der Waals surface area (Å²) in [5.74, 6) is 5.03. The van der Waals surface area contributed by atoms with Crippen LogP contribution in [0.25, 0.3) is 0 Å². The van der Waals surface area contributed by atoms with E-state index in [-0.39, 0.29) is 12.1 Å². The Hall–Kier alpha value is -0.530. The maximum Gasteiger partial charge on any atom is 0.306 e. The van der Waals surface area contributed by atoms with Crippen LogP contribution in [0.2, 0.25) is 0 Å². The lowest BCUT2D eigenvalue weighted by Crippen LogP contribution is -2.29. The normalized spacial score (nSPS) is 35.1. The van der Waals surface area contributed by atoms with Crippen LogP contribution in [0.4, 0.5) is 0 Å². The molecule has 0 N–H and O–H groups in total. The van der Waals surface area contributed by atoms with Gasteiger partial charge in [0.25, 0.3) is 0 Å². The molecule has 0 amide bonds. The van der Waals surface area contributed by atoms with Crippen LogP contribution in [0.5, 0.6) is 0 Å². The van der Waals surface area contributed by atoms with Crippen molar-refractivity contribution >= 4 is 5.97 Å². The average molecular weight is 419 g/mol. The molecule has 3 fully saturated rings. The topological polar surface area (TPSA) is 26.3 Å². The van der Waals surface area contributed by atoms with Gasteiger partial charge in [-0.1, -0.05) is 84.5 Å². The van der Waals surface area contributed by atoms with E-state index >= 15 is 0 Å². The van der Waals surface area contributed by atoms with Gasteiger partial charge in [-0.05, 0) is 74.5 Å². The summed E-state index contributed by atoms with van der Waals surface area (Å²) in [7, 11) is 0. The minimum atomic E-state index is 0.0414. The molecule has 0 aromatic rings. The molecule has 0 saturated heterocycles. The highest BCUT2D eigenvalue weighted by Gasteiger charge is 2.32. The summed E-state index contributed by atoms with van der Waals surface area (Å²) < 4.78 is 5.72. The van der Waals surface area contributed by atoms with Crippen molar-refractivity contribution in [1.29, 1.82) is 0 Å². The summed E-state index contributed by atoms with van der Waals surface area (Å²) in [5.41, 5.74) is 0. The molecule has 0 atom stereocenters. The third-order valence-electron chi connectivity index (χ3n) is 8.96. The molecular weight excluding hydrogens is 368 g/mol. The van der Waals surface area contributed by atoms with E-state index < -0.39 is 0 Å². The highest BCUT2D eigenvalue weighted by molar-refractivity contribution is 5.69. The number of hydrogen-bond acceptors (Lipinski definition) is 2. The van der Waals surface area contributed by atoms with Crippen molar-refractivity contribution in [3.8, 4) is 0 Å². The molecule has 3 aliphatic carbocycles. The quantitative estimate of drug-likeness (QED) is 0.332. The largest absolute Gasteiger partial charge is 0.462 e. The number of ether oxygens (including phenoxy) is 1. The van der Waals surface area contributed by atoms with Gasteiger partial charge >= 0.3 is 5.97 Å². The van der Waals surface area contributed by atoms with Crippen LogP contribution < -0.4 is 0 Å². The summed E-state index contributed by atoms with van der Waals surface area (Å²) in [6.07, 6.45) is 25.6. The van der Waals surface area contributed by atoms with Crippen LogP contribution in [0.15, 0.2) is 0 Å². The van der Waals surface area contributed by atoms with Crippen molar-refractivity contribution in [3.63, 3.8) is 0 Å². The zero-order chi connectivity index (χ0) is 21.2. The van der Waals surface area contributed by atoms with Crippen LogP contribution in [-0.4, -0.2) is 12.1 Å². The predicted molar refractivity (Wildman–Crippen MR) is 126 cm³/mol. The average Bonchev–Trinajstić information content (AvgIpc) is 2.78. The Morgan fingerprint density at radius 1 is 0.633 bits per heavy atom. The summed E-state index contributed by atoms with van der Waals surface area (Å²) in [6, 6.07) is 0. The summed E-state index contributed by atoms with van der Waals surface area (Å²) in [4.78, 5) is 11.9. The first kappa shape index (κ1) is 24.1. The van der Waals surface area contributed by atoms with Crippen LogP contribution in [0, 0.1) is 29.6 Å². The van der Waals surface area contributed by atoms with E-state index in [0.29, 0.717) is 6.42 Å². The number of rotatable bonds is 10. The summed E-state index contributed by atoms with van der Waals surface area (Å²) in [6.45, 7) is 4.48.